The van der Waals surface area contributed by atoms with E-state index >= 15 is 0 Å². The standard InChI is InChI=1S/C22H25N3O.ClH/c1-2-25-19-6-4-3-5-16(19)17-13-15(7-8-20(17)25)24-21(26)18-14-22(18)9-11-23-12-10-22;/h3-8,13,18,23H,2,9-12,14H2,1H3,(H,24,26);1H. The number of halogens is 1. The fraction of sp³-hybridized carbons (Fsp3) is 0.409. The summed E-state index contributed by atoms with van der Waals surface area (Å²) in [5.41, 5.74) is 3.67. The van der Waals surface area contributed by atoms with Crippen molar-refractivity contribution < 1.29 is 4.79 Å². The van der Waals surface area contributed by atoms with E-state index in [1.54, 1.807) is 0 Å². The summed E-state index contributed by atoms with van der Waals surface area (Å²) in [7, 11) is 0. The fourth-order valence-electron chi connectivity index (χ4n) is 4.90. The Morgan fingerprint density at radius 3 is 2.67 bits per heavy atom. The largest absolute Gasteiger partial charge is 0.341 e. The van der Waals surface area contributed by atoms with Gasteiger partial charge in [-0.1, -0.05) is 18.2 Å². The summed E-state index contributed by atoms with van der Waals surface area (Å²) in [5, 5.41) is 9.06. The Morgan fingerprint density at radius 2 is 1.89 bits per heavy atom. The molecule has 27 heavy (non-hydrogen) atoms. The highest BCUT2D eigenvalue weighted by Gasteiger charge is 2.57. The van der Waals surface area contributed by atoms with Gasteiger partial charge in [0, 0.05) is 40.0 Å². The molecule has 1 atom stereocenters. The highest BCUT2D eigenvalue weighted by Crippen LogP contribution is 2.58. The van der Waals surface area contributed by atoms with Crippen molar-refractivity contribution >= 4 is 45.8 Å². The Labute approximate surface area is 165 Å². The van der Waals surface area contributed by atoms with Gasteiger partial charge in [0.15, 0.2) is 0 Å². The van der Waals surface area contributed by atoms with Crippen LogP contribution in [0.5, 0.6) is 0 Å². The van der Waals surface area contributed by atoms with Crippen LogP contribution in [0.4, 0.5) is 5.69 Å². The number of nitrogens with zero attached hydrogens (tertiary/aromatic N) is 1. The lowest BCUT2D eigenvalue weighted by Crippen LogP contribution is -2.31. The van der Waals surface area contributed by atoms with Gasteiger partial charge in [-0.15, -0.1) is 12.4 Å². The van der Waals surface area contributed by atoms with Gasteiger partial charge in [-0.25, -0.2) is 0 Å². The third-order valence-corrected chi connectivity index (χ3v) is 6.46. The molecule has 5 rings (SSSR count). The van der Waals surface area contributed by atoms with E-state index in [9.17, 15) is 4.79 Å². The van der Waals surface area contributed by atoms with Crippen LogP contribution in [-0.4, -0.2) is 23.6 Å². The smallest absolute Gasteiger partial charge is 0.228 e. The summed E-state index contributed by atoms with van der Waals surface area (Å²) in [6.45, 7) is 5.21. The highest BCUT2D eigenvalue weighted by molar-refractivity contribution is 6.10. The van der Waals surface area contributed by atoms with Crippen molar-refractivity contribution in [2.45, 2.75) is 32.7 Å². The van der Waals surface area contributed by atoms with E-state index in [1.807, 2.05) is 6.07 Å². The first kappa shape index (κ1) is 18.3. The first-order chi connectivity index (χ1) is 12.7. The average molecular weight is 384 g/mol. The van der Waals surface area contributed by atoms with E-state index in [1.165, 1.54) is 21.8 Å². The van der Waals surface area contributed by atoms with Gasteiger partial charge in [0.25, 0.3) is 0 Å². The van der Waals surface area contributed by atoms with Gasteiger partial charge in [-0.2, -0.15) is 0 Å². The molecule has 1 unspecified atom stereocenters. The molecule has 1 aromatic heterocycles. The second kappa shape index (κ2) is 6.84. The summed E-state index contributed by atoms with van der Waals surface area (Å²) in [4.78, 5) is 12.8. The maximum Gasteiger partial charge on any atom is 0.228 e. The van der Waals surface area contributed by atoms with E-state index in [0.29, 0.717) is 0 Å². The van der Waals surface area contributed by atoms with Crippen molar-refractivity contribution in [3.05, 3.63) is 42.5 Å². The minimum atomic E-state index is 0. The fourth-order valence-corrected chi connectivity index (χ4v) is 4.90. The molecule has 5 heteroatoms. The minimum absolute atomic E-state index is 0. The van der Waals surface area contributed by atoms with Crippen LogP contribution >= 0.6 is 12.4 Å². The number of nitrogens with one attached hydrogen (secondary N) is 2. The van der Waals surface area contributed by atoms with Crippen LogP contribution in [0.2, 0.25) is 0 Å². The molecule has 1 amide bonds. The lowest BCUT2D eigenvalue weighted by molar-refractivity contribution is -0.118. The molecular weight excluding hydrogens is 358 g/mol. The Bertz CT molecular complexity index is 1000. The molecule has 2 aromatic carbocycles. The molecule has 2 heterocycles. The molecule has 2 N–H and O–H groups in total. The lowest BCUT2D eigenvalue weighted by Gasteiger charge is -2.23. The van der Waals surface area contributed by atoms with Crippen LogP contribution in [0, 0.1) is 11.3 Å². The molecule has 0 bridgehead atoms. The number of amides is 1. The molecule has 4 nitrogen and oxygen atoms in total. The first-order valence-electron chi connectivity index (χ1n) is 9.74. The third kappa shape index (κ3) is 2.91. The average Bonchev–Trinajstić information content (AvgIpc) is 3.27. The number of para-hydroxylation sites is 1. The molecular formula is C22H26ClN3O. The summed E-state index contributed by atoms with van der Waals surface area (Å²) in [6, 6.07) is 14.8. The van der Waals surface area contributed by atoms with Gasteiger partial charge >= 0.3 is 0 Å². The van der Waals surface area contributed by atoms with Crippen LogP contribution < -0.4 is 10.6 Å². The zero-order valence-corrected chi connectivity index (χ0v) is 16.4. The quantitative estimate of drug-likeness (QED) is 0.696. The molecule has 1 spiro atoms. The summed E-state index contributed by atoms with van der Waals surface area (Å²) >= 11 is 0. The summed E-state index contributed by atoms with van der Waals surface area (Å²) < 4.78 is 2.33. The number of hydrogen-bond donors (Lipinski definition) is 2. The topological polar surface area (TPSA) is 46.1 Å². The van der Waals surface area contributed by atoms with Gasteiger partial charge in [0.05, 0.1) is 0 Å². The number of aryl methyl sites for hydroxylation is 1. The Balaban J connectivity index is 0.00000180. The number of benzene rings is 2. The number of fused-ring (bicyclic) bond motifs is 3. The highest BCUT2D eigenvalue weighted by atomic mass is 35.5. The zero-order chi connectivity index (χ0) is 17.7. The van der Waals surface area contributed by atoms with Gasteiger partial charge < -0.3 is 15.2 Å². The van der Waals surface area contributed by atoms with Gasteiger partial charge in [0.2, 0.25) is 5.91 Å². The molecule has 1 aliphatic heterocycles. The van der Waals surface area contributed by atoms with Crippen LogP contribution in [0.3, 0.4) is 0 Å². The molecule has 1 aliphatic carbocycles. The van der Waals surface area contributed by atoms with E-state index in [-0.39, 0.29) is 29.6 Å². The number of anilines is 1. The van der Waals surface area contributed by atoms with E-state index < -0.39 is 0 Å². The normalized spacial score (nSPS) is 20.6. The maximum atomic E-state index is 12.8. The SMILES string of the molecule is CCn1c2ccccc2c2cc(NC(=O)C3CC34CCNCC4)ccc21.Cl. The van der Waals surface area contributed by atoms with Crippen LogP contribution in [0.1, 0.15) is 26.2 Å². The molecule has 142 valence electrons. The zero-order valence-electron chi connectivity index (χ0n) is 15.6. The second-order valence-corrected chi connectivity index (χ2v) is 7.85. The number of carbonyl (C=O) groups is 1. The number of rotatable bonds is 3. The monoisotopic (exact) mass is 383 g/mol. The van der Waals surface area contributed by atoms with Gasteiger partial charge in [-0.3, -0.25) is 4.79 Å². The van der Waals surface area contributed by atoms with Crippen LogP contribution in [0.15, 0.2) is 42.5 Å². The van der Waals surface area contributed by atoms with Crippen molar-refractivity contribution in [1.82, 2.24) is 9.88 Å². The number of aromatic nitrogens is 1. The molecule has 1 saturated carbocycles. The van der Waals surface area contributed by atoms with Gasteiger partial charge in [0.1, 0.15) is 0 Å². The Kier molecular flexibility index (Phi) is 4.65. The van der Waals surface area contributed by atoms with Crippen molar-refractivity contribution in [3.8, 4) is 0 Å². The maximum absolute atomic E-state index is 12.8. The number of carbonyl (C=O) groups excluding carboxylic acids is 1. The Hall–Kier alpha value is -2.04. The molecule has 3 aromatic rings. The minimum Gasteiger partial charge on any atom is -0.341 e. The molecule has 0 radical (unpaired) electrons. The van der Waals surface area contributed by atoms with E-state index in [0.717, 1.165) is 44.6 Å². The van der Waals surface area contributed by atoms with E-state index in [2.05, 4.69) is 58.5 Å². The van der Waals surface area contributed by atoms with Crippen molar-refractivity contribution in [3.63, 3.8) is 0 Å². The van der Waals surface area contributed by atoms with E-state index in [4.69, 9.17) is 0 Å². The summed E-state index contributed by atoms with van der Waals surface area (Å²) in [5.74, 6) is 0.391. The summed E-state index contributed by atoms with van der Waals surface area (Å²) in [6.07, 6.45) is 3.32. The van der Waals surface area contributed by atoms with Crippen molar-refractivity contribution in [1.29, 1.82) is 0 Å². The molecule has 2 aliphatic rings. The first-order valence-corrected chi connectivity index (χ1v) is 9.74. The van der Waals surface area contributed by atoms with Crippen molar-refractivity contribution in [2.75, 3.05) is 18.4 Å². The molecule has 1 saturated heterocycles. The number of piperidine rings is 1. The van der Waals surface area contributed by atoms with Gasteiger partial charge in [-0.05, 0) is 69.0 Å². The predicted molar refractivity (Wildman–Crippen MR) is 114 cm³/mol. The van der Waals surface area contributed by atoms with Crippen molar-refractivity contribution in [2.24, 2.45) is 11.3 Å². The molecule has 2 fully saturated rings. The van der Waals surface area contributed by atoms with Crippen LogP contribution in [-0.2, 0) is 11.3 Å². The predicted octanol–water partition coefficient (Wildman–Crippen LogP) is 4.56. The number of hydrogen-bond acceptors (Lipinski definition) is 2. The third-order valence-electron chi connectivity index (χ3n) is 6.46. The van der Waals surface area contributed by atoms with Crippen LogP contribution in [0.25, 0.3) is 21.8 Å². The Morgan fingerprint density at radius 1 is 1.15 bits per heavy atom. The lowest BCUT2D eigenvalue weighted by atomic mass is 9.92. The second-order valence-electron chi connectivity index (χ2n) is 7.85.